The number of carbonyl (C=O) groups excluding carboxylic acids is 1. The second-order valence-electron chi connectivity index (χ2n) is 5.75. The number of benzene rings is 2. The molecule has 0 spiro atoms. The quantitative estimate of drug-likeness (QED) is 0.910. The van der Waals surface area contributed by atoms with Crippen LogP contribution in [0, 0.1) is 5.92 Å². The molecule has 23 heavy (non-hydrogen) atoms. The van der Waals surface area contributed by atoms with Gasteiger partial charge < -0.3 is 15.4 Å². The van der Waals surface area contributed by atoms with E-state index >= 15 is 0 Å². The van der Waals surface area contributed by atoms with E-state index in [1.807, 2.05) is 30.3 Å². The van der Waals surface area contributed by atoms with Crippen LogP contribution in [0.5, 0.6) is 5.75 Å². The van der Waals surface area contributed by atoms with Crippen molar-refractivity contribution in [3.8, 4) is 16.9 Å². The minimum atomic E-state index is -0.0478. The smallest absolute Gasteiger partial charge is 0.224 e. The molecule has 0 aromatic heterocycles. The van der Waals surface area contributed by atoms with Crippen LogP contribution < -0.4 is 15.4 Å². The van der Waals surface area contributed by atoms with Gasteiger partial charge in [-0.3, -0.25) is 4.79 Å². The first-order valence-electron chi connectivity index (χ1n) is 7.99. The highest BCUT2D eigenvalue weighted by atomic mass is 16.5. The Hall–Kier alpha value is -2.33. The largest absolute Gasteiger partial charge is 0.496 e. The van der Waals surface area contributed by atoms with Crippen molar-refractivity contribution in [2.24, 2.45) is 5.92 Å². The van der Waals surface area contributed by atoms with E-state index < -0.39 is 0 Å². The predicted molar refractivity (Wildman–Crippen MR) is 91.5 cm³/mol. The lowest BCUT2D eigenvalue weighted by Gasteiger charge is -2.17. The number of ether oxygens (including phenoxy) is 1. The van der Waals surface area contributed by atoms with Gasteiger partial charge in [0.05, 0.1) is 13.0 Å². The molecule has 4 heteroatoms. The third-order valence-corrected chi connectivity index (χ3v) is 4.24. The van der Waals surface area contributed by atoms with Gasteiger partial charge in [0, 0.05) is 25.2 Å². The number of methoxy groups -OCH3 is 1. The number of para-hydroxylation sites is 1. The van der Waals surface area contributed by atoms with Crippen LogP contribution in [0.25, 0.3) is 11.1 Å². The molecule has 2 aromatic carbocycles. The highest BCUT2D eigenvalue weighted by molar-refractivity contribution is 5.80. The third kappa shape index (κ3) is 3.54. The Morgan fingerprint density at radius 1 is 1.04 bits per heavy atom. The van der Waals surface area contributed by atoms with Crippen molar-refractivity contribution in [1.82, 2.24) is 10.6 Å². The van der Waals surface area contributed by atoms with Gasteiger partial charge in [0.25, 0.3) is 0 Å². The predicted octanol–water partition coefficient (Wildman–Crippen LogP) is 2.24. The van der Waals surface area contributed by atoms with E-state index in [0.717, 1.165) is 23.4 Å². The molecule has 2 aromatic rings. The summed E-state index contributed by atoms with van der Waals surface area (Å²) in [4.78, 5) is 12.2. The minimum absolute atomic E-state index is 0.0478. The van der Waals surface area contributed by atoms with Crippen LogP contribution in [0.3, 0.4) is 0 Å². The van der Waals surface area contributed by atoms with Crippen molar-refractivity contribution < 1.29 is 9.53 Å². The molecule has 1 saturated heterocycles. The van der Waals surface area contributed by atoms with Gasteiger partial charge in [-0.05, 0) is 23.6 Å². The SMILES string of the molecule is COc1ccccc1-c1ccccc1C[C@H]1CNCCNC1=O. The molecular weight excluding hydrogens is 288 g/mol. The van der Waals surface area contributed by atoms with Crippen LogP contribution in [0.2, 0.25) is 0 Å². The summed E-state index contributed by atoms with van der Waals surface area (Å²) in [5.74, 6) is 0.932. The van der Waals surface area contributed by atoms with E-state index in [4.69, 9.17) is 4.74 Å². The first-order chi connectivity index (χ1) is 11.3. The summed E-state index contributed by atoms with van der Waals surface area (Å²) >= 11 is 0. The van der Waals surface area contributed by atoms with Crippen molar-refractivity contribution in [3.63, 3.8) is 0 Å². The number of hydrogen-bond acceptors (Lipinski definition) is 3. The average Bonchev–Trinajstić information content (AvgIpc) is 2.80. The van der Waals surface area contributed by atoms with Crippen molar-refractivity contribution in [1.29, 1.82) is 0 Å². The molecule has 1 fully saturated rings. The summed E-state index contributed by atoms with van der Waals surface area (Å²) in [6, 6.07) is 16.2. The summed E-state index contributed by atoms with van der Waals surface area (Å²) < 4.78 is 5.49. The van der Waals surface area contributed by atoms with Crippen molar-refractivity contribution >= 4 is 5.91 Å². The standard InChI is InChI=1S/C19H22N2O2/c1-23-18-9-5-4-8-17(18)16-7-3-2-6-14(16)12-15-13-20-10-11-21-19(15)22/h2-9,15,20H,10-13H2,1H3,(H,21,22)/t15-/m0/s1. The number of rotatable bonds is 4. The molecule has 4 nitrogen and oxygen atoms in total. The van der Waals surface area contributed by atoms with Crippen LogP contribution in [-0.4, -0.2) is 32.7 Å². The maximum atomic E-state index is 12.2. The summed E-state index contributed by atoms with van der Waals surface area (Å²) in [6.45, 7) is 2.24. The second kappa shape index (κ2) is 7.29. The van der Waals surface area contributed by atoms with Gasteiger partial charge >= 0.3 is 0 Å². The summed E-state index contributed by atoms with van der Waals surface area (Å²) in [7, 11) is 1.68. The van der Waals surface area contributed by atoms with Crippen LogP contribution in [-0.2, 0) is 11.2 Å². The topological polar surface area (TPSA) is 50.4 Å². The maximum absolute atomic E-state index is 12.2. The number of hydrogen-bond donors (Lipinski definition) is 2. The lowest BCUT2D eigenvalue weighted by atomic mass is 9.91. The Labute approximate surface area is 136 Å². The zero-order valence-electron chi connectivity index (χ0n) is 13.3. The molecule has 1 heterocycles. The van der Waals surface area contributed by atoms with Crippen molar-refractivity contribution in [2.75, 3.05) is 26.7 Å². The van der Waals surface area contributed by atoms with Gasteiger partial charge in [-0.1, -0.05) is 42.5 Å². The van der Waals surface area contributed by atoms with Gasteiger partial charge in [-0.25, -0.2) is 0 Å². The first-order valence-corrected chi connectivity index (χ1v) is 7.99. The highest BCUT2D eigenvalue weighted by Gasteiger charge is 2.22. The Morgan fingerprint density at radius 2 is 1.78 bits per heavy atom. The van der Waals surface area contributed by atoms with Gasteiger partial charge in [-0.15, -0.1) is 0 Å². The molecule has 0 aliphatic carbocycles. The fourth-order valence-electron chi connectivity index (χ4n) is 3.05. The molecule has 0 radical (unpaired) electrons. The van der Waals surface area contributed by atoms with Gasteiger partial charge in [-0.2, -0.15) is 0 Å². The van der Waals surface area contributed by atoms with E-state index in [9.17, 15) is 4.79 Å². The molecule has 1 aliphatic heterocycles. The van der Waals surface area contributed by atoms with E-state index in [1.54, 1.807) is 7.11 Å². The van der Waals surface area contributed by atoms with Crippen LogP contribution >= 0.6 is 0 Å². The molecule has 3 rings (SSSR count). The Balaban J connectivity index is 1.93. The van der Waals surface area contributed by atoms with E-state index in [0.29, 0.717) is 19.5 Å². The van der Waals surface area contributed by atoms with Gasteiger partial charge in [0.15, 0.2) is 0 Å². The average molecular weight is 310 g/mol. The first kappa shape index (κ1) is 15.6. The fraction of sp³-hybridized carbons (Fsp3) is 0.316. The van der Waals surface area contributed by atoms with Crippen LogP contribution in [0.15, 0.2) is 48.5 Å². The zero-order chi connectivity index (χ0) is 16.1. The number of nitrogens with one attached hydrogen (secondary N) is 2. The summed E-state index contributed by atoms with van der Waals surface area (Å²) in [5, 5.41) is 6.29. The van der Waals surface area contributed by atoms with Gasteiger partial charge in [0.1, 0.15) is 5.75 Å². The normalized spacial score (nSPS) is 18.1. The molecule has 1 atom stereocenters. The lowest BCUT2D eigenvalue weighted by Crippen LogP contribution is -2.32. The van der Waals surface area contributed by atoms with E-state index in [1.165, 1.54) is 5.56 Å². The molecule has 0 saturated carbocycles. The fourth-order valence-corrected chi connectivity index (χ4v) is 3.05. The molecule has 120 valence electrons. The molecular formula is C19H22N2O2. The maximum Gasteiger partial charge on any atom is 0.224 e. The molecule has 2 N–H and O–H groups in total. The highest BCUT2D eigenvalue weighted by Crippen LogP contribution is 2.33. The summed E-state index contributed by atoms with van der Waals surface area (Å²) in [5.41, 5.74) is 3.36. The van der Waals surface area contributed by atoms with Crippen LogP contribution in [0.1, 0.15) is 5.56 Å². The van der Waals surface area contributed by atoms with Gasteiger partial charge in [0.2, 0.25) is 5.91 Å². The lowest BCUT2D eigenvalue weighted by molar-refractivity contribution is -0.124. The van der Waals surface area contributed by atoms with E-state index in [2.05, 4.69) is 28.8 Å². The molecule has 0 bridgehead atoms. The molecule has 1 amide bonds. The third-order valence-electron chi connectivity index (χ3n) is 4.24. The van der Waals surface area contributed by atoms with Crippen molar-refractivity contribution in [2.45, 2.75) is 6.42 Å². The molecule has 0 unspecified atom stereocenters. The Kier molecular flexibility index (Phi) is 4.93. The second-order valence-corrected chi connectivity index (χ2v) is 5.75. The number of amides is 1. The molecule has 1 aliphatic rings. The number of carbonyl (C=O) groups is 1. The minimum Gasteiger partial charge on any atom is -0.496 e. The van der Waals surface area contributed by atoms with Crippen molar-refractivity contribution in [3.05, 3.63) is 54.1 Å². The van der Waals surface area contributed by atoms with Crippen LogP contribution in [0.4, 0.5) is 0 Å². The Morgan fingerprint density at radius 3 is 2.61 bits per heavy atom. The zero-order valence-corrected chi connectivity index (χ0v) is 13.3. The Bertz CT molecular complexity index is 685. The van der Waals surface area contributed by atoms with E-state index in [-0.39, 0.29) is 11.8 Å². The summed E-state index contributed by atoms with van der Waals surface area (Å²) in [6.07, 6.45) is 0.715. The monoisotopic (exact) mass is 310 g/mol.